The number of benzene rings is 1. The molecule has 1 N–H and O–H groups in total. The van der Waals surface area contributed by atoms with Crippen LogP contribution in [0.2, 0.25) is 0 Å². The van der Waals surface area contributed by atoms with Crippen LogP contribution < -0.4 is 0 Å². The maximum absolute atomic E-state index is 9.55. The van der Waals surface area contributed by atoms with Crippen LogP contribution in [0.3, 0.4) is 0 Å². The van der Waals surface area contributed by atoms with E-state index in [1.807, 2.05) is 32.0 Å². The number of unbranched alkanes of at least 4 members (excludes halogenated alkanes) is 5. The summed E-state index contributed by atoms with van der Waals surface area (Å²) in [5, 5.41) is 9.55. The molecule has 0 saturated carbocycles. The van der Waals surface area contributed by atoms with Crippen molar-refractivity contribution in [3.63, 3.8) is 0 Å². The highest BCUT2D eigenvalue weighted by molar-refractivity contribution is 5.31. The maximum atomic E-state index is 9.55. The highest BCUT2D eigenvalue weighted by atomic mass is 16.5. The van der Waals surface area contributed by atoms with Gasteiger partial charge < -0.3 is 9.84 Å². The van der Waals surface area contributed by atoms with Crippen LogP contribution in [-0.2, 0) is 11.2 Å². The first-order valence-corrected chi connectivity index (χ1v) is 8.10. The molecule has 20 heavy (non-hydrogen) atoms. The van der Waals surface area contributed by atoms with E-state index < -0.39 is 0 Å². The quantitative estimate of drug-likeness (QED) is 0.619. The molecule has 0 aromatic heterocycles. The number of hydrogen-bond donors (Lipinski definition) is 1. The molecule has 0 bridgehead atoms. The van der Waals surface area contributed by atoms with Crippen LogP contribution >= 0.6 is 0 Å². The normalized spacial score (nSPS) is 9.95. The van der Waals surface area contributed by atoms with Crippen molar-refractivity contribution in [1.29, 1.82) is 0 Å². The molecule has 0 unspecified atom stereocenters. The van der Waals surface area contributed by atoms with Crippen molar-refractivity contribution in [2.75, 3.05) is 13.2 Å². The van der Waals surface area contributed by atoms with Crippen LogP contribution in [0.1, 0.15) is 64.9 Å². The van der Waals surface area contributed by atoms with Crippen molar-refractivity contribution in [2.24, 2.45) is 0 Å². The third-order valence-corrected chi connectivity index (χ3v) is 3.20. The fraction of sp³-hybridized carbons (Fsp3) is 0.667. The van der Waals surface area contributed by atoms with Gasteiger partial charge in [0.2, 0.25) is 0 Å². The molecule has 2 nitrogen and oxygen atoms in total. The van der Waals surface area contributed by atoms with Gasteiger partial charge in [-0.1, -0.05) is 57.2 Å². The zero-order chi connectivity index (χ0) is 15.1. The van der Waals surface area contributed by atoms with E-state index in [1.54, 1.807) is 6.07 Å². The van der Waals surface area contributed by atoms with Gasteiger partial charge in [-0.05, 0) is 38.3 Å². The van der Waals surface area contributed by atoms with Gasteiger partial charge in [-0.25, -0.2) is 0 Å². The predicted octanol–water partition coefficient (Wildman–Crippen LogP) is 5.34. The first-order valence-electron chi connectivity index (χ1n) is 8.10. The van der Waals surface area contributed by atoms with Gasteiger partial charge in [0.1, 0.15) is 5.75 Å². The summed E-state index contributed by atoms with van der Waals surface area (Å²) in [7, 11) is 0. The lowest BCUT2D eigenvalue weighted by atomic mass is 10.0. The minimum absolute atomic E-state index is 0.450. The molecule has 0 spiro atoms. The molecule has 0 saturated heterocycles. The van der Waals surface area contributed by atoms with Crippen molar-refractivity contribution < 1.29 is 9.84 Å². The average Bonchev–Trinajstić information content (AvgIpc) is 2.46. The van der Waals surface area contributed by atoms with E-state index in [9.17, 15) is 5.11 Å². The Morgan fingerprint density at radius 2 is 1.45 bits per heavy atom. The Hall–Kier alpha value is -1.02. The van der Waals surface area contributed by atoms with Gasteiger partial charge in [-0.3, -0.25) is 0 Å². The lowest BCUT2D eigenvalue weighted by Gasteiger charge is -2.03. The van der Waals surface area contributed by atoms with Crippen molar-refractivity contribution in [3.8, 4) is 5.75 Å². The molecule has 0 atom stereocenters. The molecule has 0 aliphatic carbocycles. The largest absolute Gasteiger partial charge is 0.508 e. The molecule has 1 aromatic rings. The maximum Gasteiger partial charge on any atom is 0.118 e. The predicted molar refractivity (Wildman–Crippen MR) is 87.4 cm³/mol. The first-order chi connectivity index (χ1) is 9.76. The highest BCUT2D eigenvalue weighted by Crippen LogP contribution is 2.18. The smallest absolute Gasteiger partial charge is 0.118 e. The van der Waals surface area contributed by atoms with Crippen LogP contribution in [0.25, 0.3) is 0 Å². The minimum Gasteiger partial charge on any atom is -0.508 e. The van der Waals surface area contributed by atoms with Gasteiger partial charge in [0.25, 0.3) is 0 Å². The minimum atomic E-state index is 0.450. The molecule has 0 aliphatic heterocycles. The van der Waals surface area contributed by atoms with Crippen LogP contribution in [0.4, 0.5) is 0 Å². The zero-order valence-corrected chi connectivity index (χ0v) is 13.5. The second-order valence-electron chi connectivity index (χ2n) is 4.93. The summed E-state index contributed by atoms with van der Waals surface area (Å²) < 4.78 is 4.83. The van der Waals surface area contributed by atoms with Gasteiger partial charge >= 0.3 is 0 Å². The van der Waals surface area contributed by atoms with E-state index in [1.165, 1.54) is 38.5 Å². The fourth-order valence-corrected chi connectivity index (χ4v) is 2.02. The van der Waals surface area contributed by atoms with Crippen molar-refractivity contribution in [1.82, 2.24) is 0 Å². The number of para-hydroxylation sites is 1. The van der Waals surface area contributed by atoms with E-state index in [0.29, 0.717) is 5.75 Å². The van der Waals surface area contributed by atoms with Gasteiger partial charge in [0.15, 0.2) is 0 Å². The molecule has 0 aliphatic rings. The summed E-state index contributed by atoms with van der Waals surface area (Å²) in [6.45, 7) is 7.90. The molecular weight excluding hydrogens is 248 g/mol. The first kappa shape index (κ1) is 19.0. The van der Waals surface area contributed by atoms with E-state index in [2.05, 4.69) is 6.92 Å². The second kappa shape index (κ2) is 14.4. The Bertz CT molecular complexity index is 308. The fourth-order valence-electron chi connectivity index (χ4n) is 2.02. The second-order valence-corrected chi connectivity index (χ2v) is 4.93. The van der Waals surface area contributed by atoms with Crippen LogP contribution in [-0.4, -0.2) is 18.3 Å². The Labute approximate surface area is 125 Å². The number of aromatic hydroxyl groups is 1. The highest BCUT2D eigenvalue weighted by Gasteiger charge is 1.98. The van der Waals surface area contributed by atoms with Gasteiger partial charge in [0.05, 0.1) is 0 Å². The number of rotatable bonds is 9. The van der Waals surface area contributed by atoms with E-state index >= 15 is 0 Å². The Morgan fingerprint density at radius 1 is 0.850 bits per heavy atom. The Morgan fingerprint density at radius 3 is 2.00 bits per heavy atom. The lowest BCUT2D eigenvalue weighted by molar-refractivity contribution is 0.162. The SMILES string of the molecule is CCCCCCCCc1ccccc1O.CCOCC. The van der Waals surface area contributed by atoms with Crippen LogP contribution in [0, 0.1) is 0 Å². The summed E-state index contributed by atoms with van der Waals surface area (Å²) in [4.78, 5) is 0. The number of phenolic OH excluding ortho intramolecular Hbond substituents is 1. The van der Waals surface area contributed by atoms with Gasteiger partial charge in [0, 0.05) is 13.2 Å². The van der Waals surface area contributed by atoms with Gasteiger partial charge in [-0.2, -0.15) is 0 Å². The number of phenols is 1. The van der Waals surface area contributed by atoms with Gasteiger partial charge in [-0.15, -0.1) is 0 Å². The van der Waals surface area contributed by atoms with Crippen molar-refractivity contribution >= 4 is 0 Å². The molecular formula is C18H32O2. The molecule has 0 amide bonds. The zero-order valence-electron chi connectivity index (χ0n) is 13.5. The summed E-state index contributed by atoms with van der Waals surface area (Å²) in [6.07, 6.45) is 8.85. The molecule has 0 fully saturated rings. The summed E-state index contributed by atoms with van der Waals surface area (Å²) in [6, 6.07) is 7.65. The third-order valence-electron chi connectivity index (χ3n) is 3.20. The Kier molecular flexibility index (Phi) is 13.7. The molecule has 0 heterocycles. The van der Waals surface area contributed by atoms with E-state index in [4.69, 9.17) is 4.74 Å². The van der Waals surface area contributed by atoms with E-state index in [0.717, 1.165) is 25.2 Å². The van der Waals surface area contributed by atoms with E-state index in [-0.39, 0.29) is 0 Å². The molecule has 1 aromatic carbocycles. The number of aryl methyl sites for hydroxylation is 1. The Balaban J connectivity index is 0.000000621. The number of ether oxygens (including phenoxy) is 1. The topological polar surface area (TPSA) is 29.5 Å². The summed E-state index contributed by atoms with van der Waals surface area (Å²) in [5.41, 5.74) is 1.09. The summed E-state index contributed by atoms with van der Waals surface area (Å²) in [5.74, 6) is 0.450. The summed E-state index contributed by atoms with van der Waals surface area (Å²) >= 11 is 0. The molecule has 0 radical (unpaired) electrons. The third kappa shape index (κ3) is 10.9. The average molecular weight is 280 g/mol. The monoisotopic (exact) mass is 280 g/mol. The van der Waals surface area contributed by atoms with Crippen LogP contribution in [0.5, 0.6) is 5.75 Å². The molecule has 116 valence electrons. The molecule has 1 rings (SSSR count). The lowest BCUT2D eigenvalue weighted by Crippen LogP contribution is -1.86. The molecule has 2 heteroatoms. The standard InChI is InChI=1S/C14H22O.C4H10O/c1-2-3-4-5-6-7-10-13-11-8-9-12-14(13)15;1-3-5-4-2/h8-9,11-12,15H,2-7,10H2,1H3;3-4H2,1-2H3. The number of hydrogen-bond acceptors (Lipinski definition) is 2. The van der Waals surface area contributed by atoms with Crippen LogP contribution in [0.15, 0.2) is 24.3 Å². The van der Waals surface area contributed by atoms with Crippen molar-refractivity contribution in [2.45, 2.75) is 65.7 Å². The van der Waals surface area contributed by atoms with Crippen molar-refractivity contribution in [3.05, 3.63) is 29.8 Å².